The number of anilines is 2. The largest absolute Gasteiger partial charge is 0.382 e. The Hall–Kier alpha value is -2.78. The second-order valence-corrected chi connectivity index (χ2v) is 5.84. The van der Waals surface area contributed by atoms with Crippen molar-refractivity contribution in [2.75, 3.05) is 23.7 Å². The lowest BCUT2D eigenvalue weighted by Gasteiger charge is -2.30. The zero-order valence-corrected chi connectivity index (χ0v) is 13.5. The van der Waals surface area contributed by atoms with Gasteiger partial charge in [0.1, 0.15) is 5.60 Å². The van der Waals surface area contributed by atoms with Crippen LogP contribution in [0.4, 0.5) is 11.4 Å². The van der Waals surface area contributed by atoms with Crippen molar-refractivity contribution in [2.45, 2.75) is 5.60 Å². The first kappa shape index (κ1) is 16.1. The summed E-state index contributed by atoms with van der Waals surface area (Å²) in [5.41, 5.74) is 1.85. The summed E-state index contributed by atoms with van der Waals surface area (Å²) >= 11 is 0. The normalized spacial score (nSPS) is 11.0. The Morgan fingerprint density at radius 1 is 0.583 bits per heavy atom. The number of para-hydroxylation sites is 2. The second kappa shape index (κ2) is 7.66. The van der Waals surface area contributed by atoms with Crippen molar-refractivity contribution >= 4 is 11.4 Å². The van der Waals surface area contributed by atoms with Crippen LogP contribution in [0.15, 0.2) is 91.0 Å². The van der Waals surface area contributed by atoms with Gasteiger partial charge in [-0.05, 0) is 29.8 Å². The van der Waals surface area contributed by atoms with E-state index in [-0.39, 0.29) is 0 Å². The minimum absolute atomic E-state index is 0.418. The van der Waals surface area contributed by atoms with Gasteiger partial charge < -0.3 is 15.7 Å². The zero-order chi connectivity index (χ0) is 16.7. The minimum atomic E-state index is -1.02. The molecule has 122 valence electrons. The molecule has 0 aromatic heterocycles. The van der Waals surface area contributed by atoms with Crippen LogP contribution in [0.5, 0.6) is 0 Å². The van der Waals surface area contributed by atoms with Crippen LogP contribution in [0, 0.1) is 0 Å². The first-order valence-corrected chi connectivity index (χ1v) is 8.12. The molecular formula is C21H22N2O. The molecule has 3 aromatic carbocycles. The third-order valence-corrected chi connectivity index (χ3v) is 4.03. The van der Waals surface area contributed by atoms with Crippen molar-refractivity contribution in [2.24, 2.45) is 0 Å². The number of benzene rings is 3. The maximum absolute atomic E-state index is 11.3. The van der Waals surface area contributed by atoms with Crippen LogP contribution < -0.4 is 10.6 Å². The molecule has 0 aliphatic rings. The molecule has 0 heterocycles. The van der Waals surface area contributed by atoms with E-state index >= 15 is 0 Å². The molecule has 0 amide bonds. The molecule has 0 radical (unpaired) electrons. The molecule has 0 fully saturated rings. The predicted molar refractivity (Wildman–Crippen MR) is 100 cm³/mol. The fraction of sp³-hybridized carbons (Fsp3) is 0.143. The first-order valence-electron chi connectivity index (χ1n) is 8.12. The Kier molecular flexibility index (Phi) is 5.14. The molecule has 3 heteroatoms. The van der Waals surface area contributed by atoms with Crippen LogP contribution in [-0.4, -0.2) is 18.2 Å². The van der Waals surface area contributed by atoms with E-state index in [1.54, 1.807) is 0 Å². The summed E-state index contributed by atoms with van der Waals surface area (Å²) in [5.74, 6) is 0. The number of nitrogens with one attached hydrogen (secondary N) is 2. The lowest BCUT2D eigenvalue weighted by Crippen LogP contribution is -2.40. The van der Waals surface area contributed by atoms with E-state index in [4.69, 9.17) is 0 Å². The van der Waals surface area contributed by atoms with Gasteiger partial charge in [0.15, 0.2) is 0 Å². The molecule has 0 bridgehead atoms. The molecule has 0 aliphatic heterocycles. The first-order chi connectivity index (χ1) is 11.8. The smallest absolute Gasteiger partial charge is 0.124 e. The Morgan fingerprint density at radius 2 is 0.958 bits per heavy atom. The lowest BCUT2D eigenvalue weighted by atomic mass is 9.93. The van der Waals surface area contributed by atoms with E-state index in [1.165, 1.54) is 0 Å². The highest BCUT2D eigenvalue weighted by Gasteiger charge is 2.29. The van der Waals surface area contributed by atoms with Gasteiger partial charge in [-0.3, -0.25) is 0 Å². The summed E-state index contributed by atoms with van der Waals surface area (Å²) in [6, 6.07) is 29.6. The molecule has 3 nitrogen and oxygen atoms in total. The Morgan fingerprint density at radius 3 is 1.38 bits per heavy atom. The maximum atomic E-state index is 11.3. The van der Waals surface area contributed by atoms with Crippen LogP contribution in [0.25, 0.3) is 0 Å². The highest BCUT2D eigenvalue weighted by molar-refractivity contribution is 5.46. The van der Waals surface area contributed by atoms with Crippen molar-refractivity contribution < 1.29 is 5.11 Å². The monoisotopic (exact) mass is 318 g/mol. The van der Waals surface area contributed by atoms with Crippen molar-refractivity contribution in [3.8, 4) is 0 Å². The van der Waals surface area contributed by atoms with Gasteiger partial charge in [-0.25, -0.2) is 0 Å². The van der Waals surface area contributed by atoms with Crippen LogP contribution in [0.3, 0.4) is 0 Å². The van der Waals surface area contributed by atoms with Gasteiger partial charge in [0, 0.05) is 24.5 Å². The molecule has 0 aliphatic carbocycles. The van der Waals surface area contributed by atoms with Gasteiger partial charge in [0.05, 0.1) is 0 Å². The fourth-order valence-electron chi connectivity index (χ4n) is 2.62. The van der Waals surface area contributed by atoms with Crippen molar-refractivity contribution in [1.82, 2.24) is 0 Å². The average molecular weight is 318 g/mol. The summed E-state index contributed by atoms with van der Waals surface area (Å²) in [5, 5.41) is 17.9. The Labute approximate surface area is 143 Å². The third kappa shape index (κ3) is 4.15. The molecule has 0 saturated heterocycles. The lowest BCUT2D eigenvalue weighted by molar-refractivity contribution is 0.0646. The highest BCUT2D eigenvalue weighted by atomic mass is 16.3. The van der Waals surface area contributed by atoms with E-state index in [0.29, 0.717) is 13.1 Å². The Bertz CT molecular complexity index is 686. The number of hydrogen-bond acceptors (Lipinski definition) is 3. The zero-order valence-electron chi connectivity index (χ0n) is 13.5. The summed E-state index contributed by atoms with van der Waals surface area (Å²) in [6.07, 6.45) is 0. The van der Waals surface area contributed by atoms with Gasteiger partial charge in [-0.15, -0.1) is 0 Å². The van der Waals surface area contributed by atoms with E-state index in [1.807, 2.05) is 91.0 Å². The molecule has 0 atom stereocenters. The maximum Gasteiger partial charge on any atom is 0.124 e. The van der Waals surface area contributed by atoms with Gasteiger partial charge in [-0.1, -0.05) is 66.7 Å². The van der Waals surface area contributed by atoms with Crippen LogP contribution in [0.1, 0.15) is 5.56 Å². The topological polar surface area (TPSA) is 44.3 Å². The average Bonchev–Trinajstić information content (AvgIpc) is 2.67. The van der Waals surface area contributed by atoms with Crippen molar-refractivity contribution in [1.29, 1.82) is 0 Å². The van der Waals surface area contributed by atoms with E-state index < -0.39 is 5.60 Å². The van der Waals surface area contributed by atoms with E-state index in [0.717, 1.165) is 16.9 Å². The summed E-state index contributed by atoms with van der Waals surface area (Å²) in [7, 11) is 0. The predicted octanol–water partition coefficient (Wildman–Crippen LogP) is 4.10. The molecule has 0 unspecified atom stereocenters. The van der Waals surface area contributed by atoms with Gasteiger partial charge >= 0.3 is 0 Å². The minimum Gasteiger partial charge on any atom is -0.382 e. The number of hydrogen-bond donors (Lipinski definition) is 3. The summed E-state index contributed by atoms with van der Waals surface area (Å²) < 4.78 is 0. The van der Waals surface area contributed by atoms with Crippen LogP contribution >= 0.6 is 0 Å². The number of aliphatic hydroxyl groups is 1. The van der Waals surface area contributed by atoms with Crippen LogP contribution in [0.2, 0.25) is 0 Å². The van der Waals surface area contributed by atoms with Crippen molar-refractivity contribution in [3.63, 3.8) is 0 Å². The fourth-order valence-corrected chi connectivity index (χ4v) is 2.62. The molecule has 3 N–H and O–H groups in total. The molecule has 3 aromatic rings. The SMILES string of the molecule is OC(CNc1ccccc1)(CNc1ccccc1)c1ccccc1. The number of rotatable bonds is 7. The molecule has 24 heavy (non-hydrogen) atoms. The Balaban J connectivity index is 1.75. The molecular weight excluding hydrogens is 296 g/mol. The standard InChI is InChI=1S/C21H22N2O/c24-21(18-10-4-1-5-11-18,16-22-19-12-6-2-7-13-19)17-23-20-14-8-3-9-15-20/h1-15,22-24H,16-17H2. The highest BCUT2D eigenvalue weighted by Crippen LogP contribution is 2.23. The summed E-state index contributed by atoms with van der Waals surface area (Å²) in [4.78, 5) is 0. The van der Waals surface area contributed by atoms with E-state index in [2.05, 4.69) is 10.6 Å². The molecule has 0 spiro atoms. The van der Waals surface area contributed by atoms with E-state index in [9.17, 15) is 5.11 Å². The molecule has 0 saturated carbocycles. The second-order valence-electron chi connectivity index (χ2n) is 5.84. The van der Waals surface area contributed by atoms with Crippen molar-refractivity contribution in [3.05, 3.63) is 96.6 Å². The molecule has 3 rings (SSSR count). The quantitative estimate of drug-likeness (QED) is 0.614. The van der Waals surface area contributed by atoms with Gasteiger partial charge in [-0.2, -0.15) is 0 Å². The third-order valence-electron chi connectivity index (χ3n) is 4.03. The van der Waals surface area contributed by atoms with Gasteiger partial charge in [0.25, 0.3) is 0 Å². The van der Waals surface area contributed by atoms with Crippen LogP contribution in [-0.2, 0) is 5.60 Å². The van der Waals surface area contributed by atoms with Gasteiger partial charge in [0.2, 0.25) is 0 Å². The summed E-state index contributed by atoms with van der Waals surface area (Å²) in [6.45, 7) is 0.835.